The molecule has 0 spiro atoms. The van der Waals surface area contributed by atoms with Crippen LogP contribution in [0.2, 0.25) is 0 Å². The Hall–Kier alpha value is -1.59. The Morgan fingerprint density at radius 1 is 1.25 bits per heavy atom. The van der Waals surface area contributed by atoms with Crippen LogP contribution in [-0.2, 0) is 0 Å². The smallest absolute Gasteiger partial charge is 0.231 e. The number of nitrogen functional groups attached to an aromatic ring is 1. The maximum Gasteiger partial charge on any atom is 0.231 e. The molecular formula is C14H26N6. The molecule has 2 heterocycles. The molecule has 1 aliphatic rings. The molecule has 1 aromatic heterocycles. The van der Waals surface area contributed by atoms with E-state index in [0.29, 0.717) is 23.7 Å². The SMILES string of the molecule is CCN(CC)c1nc(N)nc(N2CCC(C(C)C)C2)n1. The van der Waals surface area contributed by atoms with Crippen LogP contribution in [-0.4, -0.2) is 41.1 Å². The van der Waals surface area contributed by atoms with Gasteiger partial charge in [0.05, 0.1) is 0 Å². The number of nitrogens with two attached hydrogens (primary N) is 1. The van der Waals surface area contributed by atoms with Gasteiger partial charge in [0.15, 0.2) is 0 Å². The fourth-order valence-electron chi connectivity index (χ4n) is 2.67. The monoisotopic (exact) mass is 278 g/mol. The van der Waals surface area contributed by atoms with Gasteiger partial charge >= 0.3 is 0 Å². The summed E-state index contributed by atoms with van der Waals surface area (Å²) in [5.41, 5.74) is 5.85. The van der Waals surface area contributed by atoms with E-state index in [4.69, 9.17) is 5.73 Å². The molecule has 20 heavy (non-hydrogen) atoms. The zero-order valence-electron chi connectivity index (χ0n) is 13.0. The van der Waals surface area contributed by atoms with E-state index in [1.165, 1.54) is 6.42 Å². The van der Waals surface area contributed by atoms with E-state index < -0.39 is 0 Å². The first-order valence-corrected chi connectivity index (χ1v) is 7.56. The molecule has 6 nitrogen and oxygen atoms in total. The zero-order valence-corrected chi connectivity index (χ0v) is 13.0. The number of rotatable bonds is 5. The number of anilines is 3. The molecule has 2 rings (SSSR count). The van der Waals surface area contributed by atoms with Crippen molar-refractivity contribution in [2.75, 3.05) is 41.7 Å². The van der Waals surface area contributed by atoms with Crippen LogP contribution in [0.5, 0.6) is 0 Å². The summed E-state index contributed by atoms with van der Waals surface area (Å²) in [6.45, 7) is 12.5. The summed E-state index contributed by atoms with van der Waals surface area (Å²) in [5, 5.41) is 0. The number of hydrogen-bond acceptors (Lipinski definition) is 6. The molecule has 6 heteroatoms. The van der Waals surface area contributed by atoms with Crippen molar-refractivity contribution in [3.05, 3.63) is 0 Å². The molecule has 1 atom stereocenters. The van der Waals surface area contributed by atoms with Crippen LogP contribution in [0, 0.1) is 11.8 Å². The molecule has 2 N–H and O–H groups in total. The minimum atomic E-state index is 0.310. The van der Waals surface area contributed by atoms with Gasteiger partial charge in [0.25, 0.3) is 0 Å². The summed E-state index contributed by atoms with van der Waals surface area (Å²) in [7, 11) is 0. The molecule has 0 bridgehead atoms. The lowest BCUT2D eigenvalue weighted by atomic mass is 9.95. The molecule has 1 saturated heterocycles. The van der Waals surface area contributed by atoms with Gasteiger partial charge in [0.2, 0.25) is 17.8 Å². The van der Waals surface area contributed by atoms with Crippen molar-refractivity contribution in [3.8, 4) is 0 Å². The molecule has 0 amide bonds. The van der Waals surface area contributed by atoms with E-state index in [1.54, 1.807) is 0 Å². The highest BCUT2D eigenvalue weighted by molar-refractivity contribution is 5.44. The molecule has 1 aliphatic heterocycles. The second kappa shape index (κ2) is 6.24. The third kappa shape index (κ3) is 3.11. The molecule has 0 radical (unpaired) electrons. The van der Waals surface area contributed by atoms with Crippen molar-refractivity contribution in [1.82, 2.24) is 15.0 Å². The van der Waals surface area contributed by atoms with Crippen LogP contribution < -0.4 is 15.5 Å². The first-order valence-electron chi connectivity index (χ1n) is 7.56. The van der Waals surface area contributed by atoms with E-state index in [9.17, 15) is 0 Å². The van der Waals surface area contributed by atoms with Crippen LogP contribution in [0.25, 0.3) is 0 Å². The zero-order chi connectivity index (χ0) is 14.7. The van der Waals surface area contributed by atoms with Crippen molar-refractivity contribution in [1.29, 1.82) is 0 Å². The quantitative estimate of drug-likeness (QED) is 0.885. The molecule has 0 saturated carbocycles. The average molecular weight is 278 g/mol. The van der Waals surface area contributed by atoms with E-state index >= 15 is 0 Å². The van der Waals surface area contributed by atoms with Gasteiger partial charge in [-0.15, -0.1) is 0 Å². The lowest BCUT2D eigenvalue weighted by Crippen LogP contribution is -2.28. The molecule has 112 valence electrons. The second-order valence-corrected chi connectivity index (χ2v) is 5.70. The molecule has 0 aromatic carbocycles. The van der Waals surface area contributed by atoms with Gasteiger partial charge in [-0.1, -0.05) is 13.8 Å². The van der Waals surface area contributed by atoms with Gasteiger partial charge in [-0.05, 0) is 32.1 Å². The van der Waals surface area contributed by atoms with Crippen molar-refractivity contribution in [2.45, 2.75) is 34.1 Å². The van der Waals surface area contributed by atoms with Crippen LogP contribution in [0.15, 0.2) is 0 Å². The maximum atomic E-state index is 5.85. The Balaban J connectivity index is 2.20. The van der Waals surface area contributed by atoms with Gasteiger partial charge in [-0.2, -0.15) is 15.0 Å². The summed E-state index contributed by atoms with van der Waals surface area (Å²) in [6, 6.07) is 0. The fraction of sp³-hybridized carbons (Fsp3) is 0.786. The Morgan fingerprint density at radius 2 is 1.95 bits per heavy atom. The third-order valence-electron chi connectivity index (χ3n) is 4.13. The predicted octanol–water partition coefficient (Wildman–Crippen LogP) is 1.78. The summed E-state index contributed by atoms with van der Waals surface area (Å²) >= 11 is 0. The van der Waals surface area contributed by atoms with Gasteiger partial charge in [-0.3, -0.25) is 0 Å². The van der Waals surface area contributed by atoms with Crippen LogP contribution in [0.1, 0.15) is 34.1 Å². The van der Waals surface area contributed by atoms with Crippen LogP contribution in [0.3, 0.4) is 0 Å². The van der Waals surface area contributed by atoms with E-state index in [0.717, 1.165) is 32.1 Å². The highest BCUT2D eigenvalue weighted by Gasteiger charge is 2.27. The highest BCUT2D eigenvalue weighted by atomic mass is 15.4. The van der Waals surface area contributed by atoms with Crippen LogP contribution in [0.4, 0.5) is 17.8 Å². The minimum absolute atomic E-state index is 0.310. The Bertz CT molecular complexity index is 443. The van der Waals surface area contributed by atoms with E-state index in [-0.39, 0.29) is 0 Å². The highest BCUT2D eigenvalue weighted by Crippen LogP contribution is 2.27. The normalized spacial score (nSPS) is 18.9. The second-order valence-electron chi connectivity index (χ2n) is 5.70. The fourth-order valence-corrected chi connectivity index (χ4v) is 2.67. The van der Waals surface area contributed by atoms with Crippen molar-refractivity contribution >= 4 is 17.8 Å². The standard InChI is InChI=1S/C14H26N6/c1-5-19(6-2)13-16-12(15)17-14(18-13)20-8-7-11(9-20)10(3)4/h10-11H,5-9H2,1-4H3,(H2,15,16,17,18). The van der Waals surface area contributed by atoms with E-state index in [2.05, 4.69) is 52.4 Å². The summed E-state index contributed by atoms with van der Waals surface area (Å²) in [6.07, 6.45) is 1.20. The lowest BCUT2D eigenvalue weighted by molar-refractivity contribution is 0.422. The summed E-state index contributed by atoms with van der Waals surface area (Å²) in [4.78, 5) is 17.5. The van der Waals surface area contributed by atoms with Crippen molar-refractivity contribution in [2.24, 2.45) is 11.8 Å². The Kier molecular flexibility index (Phi) is 4.62. The average Bonchev–Trinajstić information content (AvgIpc) is 2.89. The summed E-state index contributed by atoms with van der Waals surface area (Å²) in [5.74, 6) is 3.13. The Labute approximate surface area is 121 Å². The topological polar surface area (TPSA) is 71.2 Å². The van der Waals surface area contributed by atoms with Crippen molar-refractivity contribution < 1.29 is 0 Å². The van der Waals surface area contributed by atoms with Gasteiger partial charge in [-0.25, -0.2) is 0 Å². The first kappa shape index (κ1) is 14.8. The largest absolute Gasteiger partial charge is 0.368 e. The molecule has 0 aliphatic carbocycles. The van der Waals surface area contributed by atoms with E-state index in [1.807, 2.05) is 0 Å². The molecule has 1 fully saturated rings. The maximum absolute atomic E-state index is 5.85. The lowest BCUT2D eigenvalue weighted by Gasteiger charge is -2.22. The predicted molar refractivity (Wildman–Crippen MR) is 83.0 cm³/mol. The first-order chi connectivity index (χ1) is 9.55. The molecule has 1 aromatic rings. The van der Waals surface area contributed by atoms with Gasteiger partial charge in [0, 0.05) is 26.2 Å². The van der Waals surface area contributed by atoms with Crippen LogP contribution >= 0.6 is 0 Å². The minimum Gasteiger partial charge on any atom is -0.368 e. The van der Waals surface area contributed by atoms with Crippen molar-refractivity contribution in [3.63, 3.8) is 0 Å². The number of hydrogen-bond donors (Lipinski definition) is 1. The summed E-state index contributed by atoms with van der Waals surface area (Å²) < 4.78 is 0. The van der Waals surface area contributed by atoms with Gasteiger partial charge in [0.1, 0.15) is 0 Å². The Morgan fingerprint density at radius 3 is 2.50 bits per heavy atom. The van der Waals surface area contributed by atoms with Gasteiger partial charge < -0.3 is 15.5 Å². The third-order valence-corrected chi connectivity index (χ3v) is 4.13. The number of nitrogens with zero attached hydrogens (tertiary/aromatic N) is 5. The number of aromatic nitrogens is 3. The molecule has 1 unspecified atom stereocenters. The molecular weight excluding hydrogens is 252 g/mol.